The predicted molar refractivity (Wildman–Crippen MR) is 233 cm³/mol. The van der Waals surface area contributed by atoms with Crippen molar-refractivity contribution in [2.45, 2.75) is 0 Å². The third-order valence-electron chi connectivity index (χ3n) is 10.9. The van der Waals surface area contributed by atoms with E-state index in [0.29, 0.717) is 0 Å². The van der Waals surface area contributed by atoms with Gasteiger partial charge in [-0.25, -0.2) is 0 Å². The average molecular weight is 720 g/mol. The predicted octanol–water partition coefficient (Wildman–Crippen LogP) is 15.5. The zero-order chi connectivity index (χ0) is 36.3. The van der Waals surface area contributed by atoms with Crippen molar-refractivity contribution in [2.75, 3.05) is 4.90 Å². The van der Waals surface area contributed by atoms with E-state index in [4.69, 9.17) is 4.74 Å². The highest BCUT2D eigenvalue weighted by Crippen LogP contribution is 2.52. The lowest BCUT2D eigenvalue weighted by Gasteiger charge is -2.33. The minimum absolute atomic E-state index is 0.830. The lowest BCUT2D eigenvalue weighted by Crippen LogP contribution is -2.16. The molecule has 9 aromatic carbocycles. The van der Waals surface area contributed by atoms with Crippen LogP contribution in [0.4, 0.5) is 17.1 Å². The van der Waals surface area contributed by atoms with Gasteiger partial charge in [-0.3, -0.25) is 0 Å². The standard InChI is InChI=1S/C52H33NOS/c1-2-9-34(10-3-1)40-23-28-47-49(32-40)54-50-33-41(44-15-8-12-38-11-4-5-13-43(38)44)24-29-48(50)53(47)42-26-21-36(22-27-42)35-17-19-37(20-18-35)39-25-30-52-46(31-39)45-14-6-7-16-51(45)55-52/h1-33H. The highest BCUT2D eigenvalue weighted by molar-refractivity contribution is 7.25. The van der Waals surface area contributed by atoms with Crippen LogP contribution in [-0.2, 0) is 0 Å². The second kappa shape index (κ2) is 12.9. The van der Waals surface area contributed by atoms with Crippen molar-refractivity contribution in [3.05, 3.63) is 200 Å². The third-order valence-corrected chi connectivity index (χ3v) is 12.0. The van der Waals surface area contributed by atoms with Crippen LogP contribution in [0.25, 0.3) is 75.5 Å². The summed E-state index contributed by atoms with van der Waals surface area (Å²) in [5, 5.41) is 5.10. The quantitative estimate of drug-likeness (QED) is 0.176. The lowest BCUT2D eigenvalue weighted by atomic mass is 9.97. The number of rotatable bonds is 5. The van der Waals surface area contributed by atoms with Crippen molar-refractivity contribution in [3.8, 4) is 56.0 Å². The van der Waals surface area contributed by atoms with E-state index in [-0.39, 0.29) is 0 Å². The Kier molecular flexibility index (Phi) is 7.39. The number of fused-ring (bicyclic) bond motifs is 6. The van der Waals surface area contributed by atoms with Crippen molar-refractivity contribution in [1.82, 2.24) is 0 Å². The topological polar surface area (TPSA) is 12.5 Å². The van der Waals surface area contributed by atoms with Gasteiger partial charge in [0.1, 0.15) is 0 Å². The van der Waals surface area contributed by atoms with Crippen LogP contribution in [0.3, 0.4) is 0 Å². The van der Waals surface area contributed by atoms with Gasteiger partial charge in [-0.05, 0) is 110 Å². The molecule has 0 unspecified atom stereocenters. The van der Waals surface area contributed by atoms with E-state index in [1.807, 2.05) is 11.3 Å². The van der Waals surface area contributed by atoms with Crippen molar-refractivity contribution < 1.29 is 4.74 Å². The molecular weight excluding hydrogens is 687 g/mol. The summed E-state index contributed by atoms with van der Waals surface area (Å²) in [7, 11) is 0. The van der Waals surface area contributed by atoms with Gasteiger partial charge in [0.05, 0.1) is 11.4 Å². The Morgan fingerprint density at radius 1 is 0.345 bits per heavy atom. The molecule has 258 valence electrons. The van der Waals surface area contributed by atoms with E-state index in [1.54, 1.807) is 0 Å². The van der Waals surface area contributed by atoms with E-state index in [9.17, 15) is 0 Å². The van der Waals surface area contributed by atoms with E-state index >= 15 is 0 Å². The summed E-state index contributed by atoms with van der Waals surface area (Å²) in [6.45, 7) is 0. The number of thiophene rings is 1. The molecule has 55 heavy (non-hydrogen) atoms. The SMILES string of the molecule is c1ccc(-c2ccc3c(c2)Oc2cc(-c4cccc5ccccc45)ccc2N3c2ccc(-c3ccc(-c4ccc5sc6ccccc6c5c4)cc3)cc2)cc1. The Bertz CT molecular complexity index is 3050. The first-order chi connectivity index (χ1) is 27.2. The minimum Gasteiger partial charge on any atom is -0.453 e. The molecule has 2 nitrogen and oxygen atoms in total. The lowest BCUT2D eigenvalue weighted by molar-refractivity contribution is 0.477. The molecule has 0 bridgehead atoms. The van der Waals surface area contributed by atoms with Gasteiger partial charge in [0.15, 0.2) is 11.5 Å². The van der Waals surface area contributed by atoms with Gasteiger partial charge < -0.3 is 9.64 Å². The second-order valence-corrected chi connectivity index (χ2v) is 15.2. The molecule has 0 N–H and O–H groups in total. The van der Waals surface area contributed by atoms with Crippen LogP contribution in [0.1, 0.15) is 0 Å². The molecule has 0 saturated carbocycles. The molecule has 0 fully saturated rings. The Hall–Kier alpha value is -6.94. The maximum atomic E-state index is 6.81. The van der Waals surface area contributed by atoms with Crippen LogP contribution >= 0.6 is 11.3 Å². The van der Waals surface area contributed by atoms with Crippen LogP contribution in [0.15, 0.2) is 200 Å². The molecule has 1 aromatic heterocycles. The van der Waals surface area contributed by atoms with Gasteiger partial charge in [-0.15, -0.1) is 11.3 Å². The largest absolute Gasteiger partial charge is 0.453 e. The summed E-state index contributed by atoms with van der Waals surface area (Å²) >= 11 is 1.86. The van der Waals surface area contributed by atoms with E-state index in [2.05, 4.69) is 205 Å². The number of hydrogen-bond donors (Lipinski definition) is 0. The summed E-state index contributed by atoms with van der Waals surface area (Å²) in [6, 6.07) is 72.1. The first-order valence-electron chi connectivity index (χ1n) is 18.7. The van der Waals surface area contributed by atoms with Gasteiger partial charge in [-0.1, -0.05) is 146 Å². The summed E-state index contributed by atoms with van der Waals surface area (Å²) in [5.41, 5.74) is 12.5. The highest BCUT2D eigenvalue weighted by Gasteiger charge is 2.27. The Morgan fingerprint density at radius 3 is 1.65 bits per heavy atom. The number of ether oxygens (including phenoxy) is 1. The molecular formula is C52H33NOS. The molecule has 11 rings (SSSR count). The van der Waals surface area contributed by atoms with Gasteiger partial charge in [0.2, 0.25) is 0 Å². The average Bonchev–Trinajstić information content (AvgIpc) is 3.63. The molecule has 0 atom stereocenters. The molecule has 3 heteroatoms. The van der Waals surface area contributed by atoms with Crippen molar-refractivity contribution in [2.24, 2.45) is 0 Å². The van der Waals surface area contributed by atoms with Crippen LogP contribution in [0, 0.1) is 0 Å². The molecule has 1 aliphatic rings. The molecule has 0 aliphatic carbocycles. The maximum Gasteiger partial charge on any atom is 0.152 e. The second-order valence-electron chi connectivity index (χ2n) is 14.1. The van der Waals surface area contributed by atoms with Crippen LogP contribution in [-0.4, -0.2) is 0 Å². The zero-order valence-corrected chi connectivity index (χ0v) is 30.6. The molecule has 1 aliphatic heterocycles. The molecule has 10 aromatic rings. The van der Waals surface area contributed by atoms with E-state index in [0.717, 1.165) is 45.3 Å². The van der Waals surface area contributed by atoms with Gasteiger partial charge in [0.25, 0.3) is 0 Å². The number of anilines is 3. The number of nitrogens with zero attached hydrogens (tertiary/aromatic N) is 1. The van der Waals surface area contributed by atoms with Gasteiger partial charge >= 0.3 is 0 Å². The summed E-state index contributed by atoms with van der Waals surface area (Å²) in [4.78, 5) is 2.33. The smallest absolute Gasteiger partial charge is 0.152 e. The summed E-state index contributed by atoms with van der Waals surface area (Å²) < 4.78 is 9.47. The zero-order valence-electron chi connectivity index (χ0n) is 29.8. The fourth-order valence-electron chi connectivity index (χ4n) is 8.11. The normalized spacial score (nSPS) is 12.1. The van der Waals surface area contributed by atoms with Crippen LogP contribution in [0.5, 0.6) is 11.5 Å². The first-order valence-corrected chi connectivity index (χ1v) is 19.5. The first kappa shape index (κ1) is 31.6. The number of hydrogen-bond acceptors (Lipinski definition) is 3. The Balaban J connectivity index is 0.954. The van der Waals surface area contributed by atoms with Crippen molar-refractivity contribution in [1.29, 1.82) is 0 Å². The molecule has 0 spiro atoms. The third kappa shape index (κ3) is 5.48. The molecule has 0 saturated heterocycles. The van der Waals surface area contributed by atoms with Crippen LogP contribution in [0.2, 0.25) is 0 Å². The number of benzene rings is 9. The summed E-state index contributed by atoms with van der Waals surface area (Å²) in [6.07, 6.45) is 0. The summed E-state index contributed by atoms with van der Waals surface area (Å²) in [5.74, 6) is 1.66. The van der Waals surface area contributed by atoms with Crippen LogP contribution < -0.4 is 9.64 Å². The fraction of sp³-hybridized carbons (Fsp3) is 0. The van der Waals surface area contributed by atoms with Crippen molar-refractivity contribution >= 4 is 59.3 Å². The van der Waals surface area contributed by atoms with Gasteiger partial charge in [-0.2, -0.15) is 0 Å². The molecule has 2 heterocycles. The minimum atomic E-state index is 0.830. The van der Waals surface area contributed by atoms with E-state index in [1.165, 1.54) is 58.8 Å². The maximum absolute atomic E-state index is 6.81. The fourth-order valence-corrected chi connectivity index (χ4v) is 9.19. The monoisotopic (exact) mass is 719 g/mol. The Labute approximate surface area is 323 Å². The highest BCUT2D eigenvalue weighted by atomic mass is 32.1. The molecule has 0 radical (unpaired) electrons. The van der Waals surface area contributed by atoms with Crippen molar-refractivity contribution in [3.63, 3.8) is 0 Å². The van der Waals surface area contributed by atoms with E-state index < -0.39 is 0 Å². The van der Waals surface area contributed by atoms with Gasteiger partial charge in [0, 0.05) is 25.9 Å². The molecule has 0 amide bonds. The Morgan fingerprint density at radius 2 is 0.873 bits per heavy atom.